The zero-order chi connectivity index (χ0) is 13.3. The van der Waals surface area contributed by atoms with Gasteiger partial charge in [0.05, 0.1) is 0 Å². The van der Waals surface area contributed by atoms with Crippen LogP contribution in [0.3, 0.4) is 0 Å². The normalized spacial score (nSPS) is 31.2. The Balaban J connectivity index is 2.22. The van der Waals surface area contributed by atoms with Gasteiger partial charge >= 0.3 is 0 Å². The summed E-state index contributed by atoms with van der Waals surface area (Å²) < 4.78 is 26.3. The van der Waals surface area contributed by atoms with E-state index in [1.54, 1.807) is 6.07 Å². The molecule has 3 unspecified atom stereocenters. The van der Waals surface area contributed by atoms with Crippen LogP contribution in [0.5, 0.6) is 0 Å². The predicted molar refractivity (Wildman–Crippen MR) is 69.6 cm³/mol. The molecule has 1 aromatic carbocycles. The first-order valence-corrected chi connectivity index (χ1v) is 6.71. The zero-order valence-corrected chi connectivity index (χ0v) is 11.3. The maximum Gasteiger partial charge on any atom is 0.159 e. The minimum absolute atomic E-state index is 0.139. The Hall–Kier alpha value is -0.960. The van der Waals surface area contributed by atoms with E-state index in [1.165, 1.54) is 12.1 Å². The van der Waals surface area contributed by atoms with Crippen molar-refractivity contribution in [3.05, 3.63) is 35.4 Å². The summed E-state index contributed by atoms with van der Waals surface area (Å²) in [6, 6.07) is 4.79. The SMILES string of the molecule is CCNC1CC(c2ccc(F)c(F)c2)C1(C)CC. The monoisotopic (exact) mass is 253 g/mol. The first-order valence-electron chi connectivity index (χ1n) is 6.71. The molecule has 1 aromatic rings. The molecule has 1 nitrogen and oxygen atoms in total. The Morgan fingerprint density at radius 1 is 1.28 bits per heavy atom. The van der Waals surface area contributed by atoms with Gasteiger partial charge in [0.15, 0.2) is 11.6 Å². The average Bonchev–Trinajstić information content (AvgIpc) is 2.36. The predicted octanol–water partition coefficient (Wildman–Crippen LogP) is 3.85. The van der Waals surface area contributed by atoms with Gasteiger partial charge in [-0.15, -0.1) is 0 Å². The lowest BCUT2D eigenvalue weighted by atomic mass is 9.54. The molecule has 1 N–H and O–H groups in total. The Labute approximate surface area is 108 Å². The molecule has 1 aliphatic carbocycles. The number of halogens is 2. The largest absolute Gasteiger partial charge is 0.314 e. The van der Waals surface area contributed by atoms with Crippen LogP contribution in [0.2, 0.25) is 0 Å². The molecule has 0 heterocycles. The van der Waals surface area contributed by atoms with Crippen LogP contribution in [0, 0.1) is 17.0 Å². The van der Waals surface area contributed by atoms with E-state index >= 15 is 0 Å². The first-order chi connectivity index (χ1) is 8.52. The standard InChI is InChI=1S/C15H21F2N/c1-4-15(3)11(9-14(15)18-5-2)10-6-7-12(16)13(17)8-10/h6-8,11,14,18H,4-5,9H2,1-3H3. The van der Waals surface area contributed by atoms with E-state index in [1.807, 2.05) is 0 Å². The quantitative estimate of drug-likeness (QED) is 0.859. The highest BCUT2D eigenvalue weighted by molar-refractivity contribution is 5.29. The van der Waals surface area contributed by atoms with Gasteiger partial charge in [0, 0.05) is 6.04 Å². The molecule has 100 valence electrons. The molecule has 3 heteroatoms. The van der Waals surface area contributed by atoms with E-state index in [0.717, 1.165) is 24.9 Å². The summed E-state index contributed by atoms with van der Waals surface area (Å²) in [6.07, 6.45) is 2.04. The van der Waals surface area contributed by atoms with E-state index in [9.17, 15) is 8.78 Å². The highest BCUT2D eigenvalue weighted by Gasteiger charge is 2.50. The van der Waals surface area contributed by atoms with Gasteiger partial charge in [-0.1, -0.05) is 26.8 Å². The van der Waals surface area contributed by atoms with E-state index in [0.29, 0.717) is 12.0 Å². The van der Waals surface area contributed by atoms with Crippen molar-refractivity contribution < 1.29 is 8.78 Å². The average molecular weight is 253 g/mol. The van der Waals surface area contributed by atoms with E-state index in [-0.39, 0.29) is 5.41 Å². The van der Waals surface area contributed by atoms with Gasteiger partial charge in [0.1, 0.15) is 0 Å². The number of hydrogen-bond acceptors (Lipinski definition) is 1. The van der Waals surface area contributed by atoms with Gasteiger partial charge in [0.2, 0.25) is 0 Å². The maximum absolute atomic E-state index is 13.3. The summed E-state index contributed by atoms with van der Waals surface area (Å²) in [4.78, 5) is 0. The molecule has 0 spiro atoms. The summed E-state index contributed by atoms with van der Waals surface area (Å²) >= 11 is 0. The van der Waals surface area contributed by atoms with Crippen LogP contribution in [0.4, 0.5) is 8.78 Å². The third kappa shape index (κ3) is 2.05. The zero-order valence-electron chi connectivity index (χ0n) is 11.3. The summed E-state index contributed by atoms with van der Waals surface area (Å²) in [5, 5.41) is 3.48. The Kier molecular flexibility index (Phi) is 3.71. The molecule has 0 aromatic heterocycles. The van der Waals surface area contributed by atoms with Crippen LogP contribution in [0.25, 0.3) is 0 Å². The second-order valence-electron chi connectivity index (χ2n) is 5.43. The van der Waals surface area contributed by atoms with Crippen molar-refractivity contribution in [2.24, 2.45) is 5.41 Å². The van der Waals surface area contributed by atoms with Crippen LogP contribution in [-0.2, 0) is 0 Å². The number of nitrogens with one attached hydrogen (secondary N) is 1. The van der Waals surface area contributed by atoms with Crippen LogP contribution in [0.15, 0.2) is 18.2 Å². The first kappa shape index (κ1) is 13.5. The van der Waals surface area contributed by atoms with Crippen LogP contribution in [0.1, 0.15) is 45.1 Å². The highest BCUT2D eigenvalue weighted by atomic mass is 19.2. The van der Waals surface area contributed by atoms with Gasteiger partial charge in [-0.3, -0.25) is 0 Å². The fourth-order valence-corrected chi connectivity index (χ4v) is 3.16. The van der Waals surface area contributed by atoms with E-state index < -0.39 is 11.6 Å². The second kappa shape index (κ2) is 4.96. The smallest absolute Gasteiger partial charge is 0.159 e. The molecule has 3 atom stereocenters. The summed E-state index contributed by atoms with van der Waals surface area (Å²) in [5.74, 6) is -1.18. The van der Waals surface area contributed by atoms with Crippen molar-refractivity contribution in [1.82, 2.24) is 5.32 Å². The fourth-order valence-electron chi connectivity index (χ4n) is 3.16. The lowest BCUT2D eigenvalue weighted by Gasteiger charge is -2.55. The number of benzene rings is 1. The minimum atomic E-state index is -0.764. The third-order valence-corrected chi connectivity index (χ3v) is 4.62. The van der Waals surface area contributed by atoms with Crippen molar-refractivity contribution >= 4 is 0 Å². The summed E-state index contributed by atoms with van der Waals surface area (Å²) in [6.45, 7) is 7.44. The molecule has 0 saturated heterocycles. The molecular formula is C15H21F2N. The van der Waals surface area contributed by atoms with Crippen molar-refractivity contribution in [2.75, 3.05) is 6.54 Å². The van der Waals surface area contributed by atoms with Gasteiger partial charge in [0.25, 0.3) is 0 Å². The van der Waals surface area contributed by atoms with Crippen LogP contribution < -0.4 is 5.32 Å². The van der Waals surface area contributed by atoms with Crippen molar-refractivity contribution in [3.8, 4) is 0 Å². The maximum atomic E-state index is 13.3. The van der Waals surface area contributed by atoms with Crippen molar-refractivity contribution in [2.45, 2.75) is 45.6 Å². The van der Waals surface area contributed by atoms with Crippen LogP contribution >= 0.6 is 0 Å². The van der Waals surface area contributed by atoms with E-state index in [4.69, 9.17) is 0 Å². The molecule has 2 rings (SSSR count). The topological polar surface area (TPSA) is 12.0 Å². The molecule has 1 saturated carbocycles. The van der Waals surface area contributed by atoms with Gasteiger partial charge in [-0.25, -0.2) is 8.78 Å². The summed E-state index contributed by atoms with van der Waals surface area (Å²) in [7, 11) is 0. The highest BCUT2D eigenvalue weighted by Crippen LogP contribution is 2.54. The molecule has 1 fully saturated rings. The third-order valence-electron chi connectivity index (χ3n) is 4.62. The number of rotatable bonds is 4. The van der Waals surface area contributed by atoms with Crippen LogP contribution in [-0.4, -0.2) is 12.6 Å². The van der Waals surface area contributed by atoms with Gasteiger partial charge < -0.3 is 5.32 Å². The summed E-state index contributed by atoms with van der Waals surface area (Å²) in [5.41, 5.74) is 1.06. The van der Waals surface area contributed by atoms with Gasteiger partial charge in [-0.05, 0) is 48.4 Å². The Morgan fingerprint density at radius 3 is 2.56 bits per heavy atom. The lowest BCUT2D eigenvalue weighted by Crippen LogP contribution is -2.56. The molecule has 0 amide bonds. The van der Waals surface area contributed by atoms with E-state index in [2.05, 4.69) is 26.1 Å². The van der Waals surface area contributed by atoms with Crippen molar-refractivity contribution in [1.29, 1.82) is 0 Å². The molecule has 0 radical (unpaired) electrons. The lowest BCUT2D eigenvalue weighted by molar-refractivity contribution is 0.0453. The minimum Gasteiger partial charge on any atom is -0.314 e. The fraction of sp³-hybridized carbons (Fsp3) is 0.600. The molecule has 0 bridgehead atoms. The molecule has 0 aliphatic heterocycles. The Bertz CT molecular complexity index is 433. The Morgan fingerprint density at radius 2 is 2.00 bits per heavy atom. The molecular weight excluding hydrogens is 232 g/mol. The van der Waals surface area contributed by atoms with Crippen molar-refractivity contribution in [3.63, 3.8) is 0 Å². The van der Waals surface area contributed by atoms with Gasteiger partial charge in [-0.2, -0.15) is 0 Å². The molecule has 1 aliphatic rings. The number of hydrogen-bond donors (Lipinski definition) is 1. The molecule has 18 heavy (non-hydrogen) atoms. The second-order valence-corrected chi connectivity index (χ2v) is 5.43.